The maximum absolute atomic E-state index is 12.0. The summed E-state index contributed by atoms with van der Waals surface area (Å²) < 4.78 is 0. The van der Waals surface area contributed by atoms with Crippen molar-refractivity contribution in [3.8, 4) is 12.3 Å². The van der Waals surface area contributed by atoms with Crippen molar-refractivity contribution < 1.29 is 14.4 Å². The number of nitrogens with zero attached hydrogens (tertiary/aromatic N) is 1. The van der Waals surface area contributed by atoms with Crippen LogP contribution in [0.5, 0.6) is 0 Å². The molecule has 1 fully saturated rings. The summed E-state index contributed by atoms with van der Waals surface area (Å²) in [6.07, 6.45) is 5.09. The van der Waals surface area contributed by atoms with Crippen LogP contribution in [0.25, 0.3) is 0 Å². The van der Waals surface area contributed by atoms with Crippen molar-refractivity contribution in [1.29, 1.82) is 0 Å². The van der Waals surface area contributed by atoms with E-state index < -0.39 is 6.03 Å². The van der Waals surface area contributed by atoms with E-state index >= 15 is 0 Å². The lowest BCUT2D eigenvalue weighted by atomic mass is 10.1. The van der Waals surface area contributed by atoms with Crippen LogP contribution >= 0.6 is 0 Å². The summed E-state index contributed by atoms with van der Waals surface area (Å²) in [5.74, 6) is 1.68. The molecule has 102 valence electrons. The number of hydrogen-bond donors (Lipinski definition) is 2. The van der Waals surface area contributed by atoms with Crippen LogP contribution in [0.2, 0.25) is 0 Å². The first-order chi connectivity index (χ1) is 9.63. The third-order valence-corrected chi connectivity index (χ3v) is 2.88. The lowest BCUT2D eigenvalue weighted by Gasteiger charge is -2.15. The fourth-order valence-corrected chi connectivity index (χ4v) is 1.89. The lowest BCUT2D eigenvalue weighted by Crippen LogP contribution is -2.32. The second kappa shape index (κ2) is 5.89. The highest BCUT2D eigenvalue weighted by Gasteiger charge is 2.29. The van der Waals surface area contributed by atoms with Gasteiger partial charge in [-0.25, -0.2) is 4.79 Å². The average molecular weight is 271 g/mol. The van der Waals surface area contributed by atoms with Crippen molar-refractivity contribution in [3.05, 3.63) is 35.4 Å². The standard InChI is InChI=1S/C14H13N3O3/c1-2-7-15-13(19)11-6-4-3-5-10(11)9-17-12(18)8-16-14(17)20/h1,3-6H,7-9H2,(H,15,19)(H,16,20). The van der Waals surface area contributed by atoms with Gasteiger partial charge in [0.1, 0.15) is 0 Å². The third kappa shape index (κ3) is 2.78. The second-order valence-corrected chi connectivity index (χ2v) is 4.18. The predicted octanol–water partition coefficient (Wildman–Crippen LogP) is 0.101. The molecule has 0 atom stereocenters. The van der Waals surface area contributed by atoms with Gasteiger partial charge >= 0.3 is 6.03 Å². The Kier molecular flexibility index (Phi) is 4.01. The van der Waals surface area contributed by atoms with Gasteiger partial charge in [0.2, 0.25) is 5.91 Å². The molecular weight excluding hydrogens is 258 g/mol. The molecule has 0 bridgehead atoms. The highest BCUT2D eigenvalue weighted by Crippen LogP contribution is 2.13. The van der Waals surface area contributed by atoms with Gasteiger partial charge in [0.15, 0.2) is 0 Å². The highest BCUT2D eigenvalue weighted by atomic mass is 16.2. The normalized spacial score (nSPS) is 13.8. The molecule has 20 heavy (non-hydrogen) atoms. The summed E-state index contributed by atoms with van der Waals surface area (Å²) >= 11 is 0. The number of terminal acetylenes is 1. The Labute approximate surface area is 116 Å². The van der Waals surface area contributed by atoms with Crippen LogP contribution in [0.3, 0.4) is 0 Å². The molecule has 1 aromatic rings. The third-order valence-electron chi connectivity index (χ3n) is 2.88. The zero-order valence-corrected chi connectivity index (χ0v) is 10.7. The van der Waals surface area contributed by atoms with Crippen molar-refractivity contribution in [3.63, 3.8) is 0 Å². The van der Waals surface area contributed by atoms with Crippen LogP contribution in [0, 0.1) is 12.3 Å². The van der Waals surface area contributed by atoms with Crippen LogP contribution in [-0.4, -0.2) is 35.8 Å². The maximum atomic E-state index is 12.0. The van der Waals surface area contributed by atoms with E-state index in [-0.39, 0.29) is 31.4 Å². The van der Waals surface area contributed by atoms with Gasteiger partial charge in [-0.15, -0.1) is 6.42 Å². The zero-order valence-electron chi connectivity index (χ0n) is 10.7. The van der Waals surface area contributed by atoms with Gasteiger partial charge in [0, 0.05) is 5.56 Å². The number of urea groups is 1. The molecule has 6 heteroatoms. The van der Waals surface area contributed by atoms with Gasteiger partial charge in [0.25, 0.3) is 5.91 Å². The van der Waals surface area contributed by atoms with E-state index in [1.54, 1.807) is 24.3 Å². The topological polar surface area (TPSA) is 78.5 Å². The van der Waals surface area contributed by atoms with Gasteiger partial charge in [-0.3, -0.25) is 14.5 Å². The fraction of sp³-hybridized carbons (Fsp3) is 0.214. The number of imide groups is 1. The quantitative estimate of drug-likeness (QED) is 0.602. The lowest BCUT2D eigenvalue weighted by molar-refractivity contribution is -0.125. The molecule has 4 amide bonds. The van der Waals surface area contributed by atoms with Gasteiger partial charge < -0.3 is 10.6 Å². The van der Waals surface area contributed by atoms with Crippen molar-refractivity contribution >= 4 is 17.8 Å². The molecule has 0 saturated carbocycles. The maximum Gasteiger partial charge on any atom is 0.324 e. The fourth-order valence-electron chi connectivity index (χ4n) is 1.89. The summed E-state index contributed by atoms with van der Waals surface area (Å²) in [6.45, 7) is 0.172. The first-order valence-corrected chi connectivity index (χ1v) is 6.01. The molecule has 1 aromatic carbocycles. The summed E-state index contributed by atoms with van der Waals surface area (Å²) in [4.78, 5) is 36.1. The van der Waals surface area contributed by atoms with Crippen LogP contribution in [-0.2, 0) is 11.3 Å². The summed E-state index contributed by atoms with van der Waals surface area (Å²) in [5, 5.41) is 4.99. The molecule has 0 aliphatic carbocycles. The minimum absolute atomic E-state index is 0.00963. The van der Waals surface area contributed by atoms with E-state index in [2.05, 4.69) is 16.6 Å². The van der Waals surface area contributed by atoms with E-state index in [4.69, 9.17) is 6.42 Å². The van der Waals surface area contributed by atoms with E-state index in [0.29, 0.717) is 11.1 Å². The number of carbonyl (C=O) groups excluding carboxylic acids is 3. The van der Waals surface area contributed by atoms with Gasteiger partial charge in [-0.1, -0.05) is 24.1 Å². The zero-order chi connectivity index (χ0) is 14.5. The molecule has 0 aromatic heterocycles. The first kappa shape index (κ1) is 13.6. The van der Waals surface area contributed by atoms with Crippen LogP contribution in [0.4, 0.5) is 4.79 Å². The predicted molar refractivity (Wildman–Crippen MR) is 71.6 cm³/mol. The van der Waals surface area contributed by atoms with Crippen molar-refractivity contribution in [1.82, 2.24) is 15.5 Å². The Morgan fingerprint density at radius 2 is 2.15 bits per heavy atom. The monoisotopic (exact) mass is 271 g/mol. The first-order valence-electron chi connectivity index (χ1n) is 6.01. The van der Waals surface area contributed by atoms with E-state index in [1.165, 1.54) is 0 Å². The number of amides is 4. The minimum Gasteiger partial charge on any atom is -0.341 e. The average Bonchev–Trinajstić information content (AvgIpc) is 2.77. The summed E-state index contributed by atoms with van der Waals surface area (Å²) in [7, 11) is 0. The van der Waals surface area contributed by atoms with Crippen LogP contribution in [0.15, 0.2) is 24.3 Å². The number of nitrogens with one attached hydrogen (secondary N) is 2. The molecule has 6 nitrogen and oxygen atoms in total. The van der Waals surface area contributed by atoms with Gasteiger partial charge in [0.05, 0.1) is 19.6 Å². The van der Waals surface area contributed by atoms with Gasteiger partial charge in [-0.05, 0) is 11.6 Å². The Balaban J connectivity index is 2.20. The highest BCUT2D eigenvalue weighted by molar-refractivity contribution is 6.02. The number of carbonyl (C=O) groups is 3. The molecule has 0 spiro atoms. The van der Waals surface area contributed by atoms with E-state index in [0.717, 1.165) is 4.90 Å². The second-order valence-electron chi connectivity index (χ2n) is 4.18. The number of benzene rings is 1. The Morgan fingerprint density at radius 1 is 1.40 bits per heavy atom. The molecule has 0 radical (unpaired) electrons. The number of hydrogen-bond acceptors (Lipinski definition) is 3. The van der Waals surface area contributed by atoms with E-state index in [9.17, 15) is 14.4 Å². The van der Waals surface area contributed by atoms with Crippen molar-refractivity contribution in [2.75, 3.05) is 13.1 Å². The molecule has 2 N–H and O–H groups in total. The smallest absolute Gasteiger partial charge is 0.324 e. The minimum atomic E-state index is -0.450. The van der Waals surface area contributed by atoms with Crippen molar-refractivity contribution in [2.24, 2.45) is 0 Å². The van der Waals surface area contributed by atoms with Crippen LogP contribution < -0.4 is 10.6 Å². The molecule has 0 unspecified atom stereocenters. The Hall–Kier alpha value is -2.81. The van der Waals surface area contributed by atoms with Gasteiger partial charge in [-0.2, -0.15) is 0 Å². The Morgan fingerprint density at radius 3 is 2.80 bits per heavy atom. The number of rotatable bonds is 4. The molecule has 1 aliphatic rings. The summed E-state index contributed by atoms with van der Waals surface area (Å²) in [6, 6.07) is 6.32. The SMILES string of the molecule is C#CCNC(=O)c1ccccc1CN1C(=O)CNC1=O. The molecule has 1 heterocycles. The Bertz CT molecular complexity index is 588. The largest absolute Gasteiger partial charge is 0.341 e. The molecule has 1 aliphatic heterocycles. The summed E-state index contributed by atoms with van der Waals surface area (Å²) in [5.41, 5.74) is 0.989. The molecule has 2 rings (SSSR count). The van der Waals surface area contributed by atoms with Crippen LogP contribution in [0.1, 0.15) is 15.9 Å². The molecular formula is C14H13N3O3. The van der Waals surface area contributed by atoms with E-state index in [1.807, 2.05) is 0 Å². The molecule has 1 saturated heterocycles. The van der Waals surface area contributed by atoms with Crippen molar-refractivity contribution in [2.45, 2.75) is 6.54 Å².